The lowest BCUT2D eigenvalue weighted by Gasteiger charge is -2.25. The van der Waals surface area contributed by atoms with E-state index in [0.29, 0.717) is 6.54 Å². The highest BCUT2D eigenvalue weighted by molar-refractivity contribution is 5.75. The van der Waals surface area contributed by atoms with Crippen LogP contribution in [0.5, 0.6) is 0 Å². The summed E-state index contributed by atoms with van der Waals surface area (Å²) in [7, 11) is 1.81. The van der Waals surface area contributed by atoms with Crippen molar-refractivity contribution in [2.75, 3.05) is 7.05 Å². The van der Waals surface area contributed by atoms with Gasteiger partial charge in [0.1, 0.15) is 6.04 Å². The molecular formula is C18H21N5O2. The van der Waals surface area contributed by atoms with Gasteiger partial charge in [-0.25, -0.2) is 4.68 Å². The van der Waals surface area contributed by atoms with Crippen LogP contribution in [0.1, 0.15) is 28.6 Å². The van der Waals surface area contributed by atoms with E-state index in [1.165, 1.54) is 0 Å². The number of rotatable bonds is 6. The Hall–Kier alpha value is -2.93. The van der Waals surface area contributed by atoms with Crippen LogP contribution >= 0.6 is 0 Å². The maximum Gasteiger partial charge on any atom is 0.325 e. The highest BCUT2D eigenvalue weighted by Crippen LogP contribution is 2.24. The predicted molar refractivity (Wildman–Crippen MR) is 93.5 cm³/mol. The third kappa shape index (κ3) is 3.46. The van der Waals surface area contributed by atoms with Gasteiger partial charge in [0.2, 0.25) is 0 Å². The summed E-state index contributed by atoms with van der Waals surface area (Å²) >= 11 is 0. The third-order valence-corrected chi connectivity index (χ3v) is 4.34. The first-order valence-corrected chi connectivity index (χ1v) is 8.01. The fourth-order valence-electron chi connectivity index (χ4n) is 2.96. The van der Waals surface area contributed by atoms with Gasteiger partial charge in [-0.05, 0) is 44.7 Å². The van der Waals surface area contributed by atoms with Gasteiger partial charge in [-0.15, -0.1) is 0 Å². The molecule has 2 heterocycles. The molecule has 0 unspecified atom stereocenters. The average Bonchev–Trinajstić information content (AvgIpc) is 3.21. The number of hydrogen-bond acceptors (Lipinski definition) is 4. The standard InChI is InChI=1S/C18H21N5O2/c1-12-16(13(2)21-20-12)11-22(3)17(18(24)25)14-5-7-15(8-6-14)23-10-4-9-19-23/h4-10,17H,11H2,1-3H3,(H,20,21)(H,24,25)/t17-/m1/s1. The van der Waals surface area contributed by atoms with E-state index in [1.54, 1.807) is 10.9 Å². The second kappa shape index (κ2) is 6.90. The van der Waals surface area contributed by atoms with Crippen molar-refractivity contribution in [3.8, 4) is 5.69 Å². The topological polar surface area (TPSA) is 87.0 Å². The first-order valence-electron chi connectivity index (χ1n) is 8.01. The van der Waals surface area contributed by atoms with Gasteiger partial charge in [0.15, 0.2) is 0 Å². The fourth-order valence-corrected chi connectivity index (χ4v) is 2.96. The Bertz CT molecular complexity index is 833. The van der Waals surface area contributed by atoms with Crippen LogP contribution in [0.25, 0.3) is 5.69 Å². The molecule has 1 aromatic carbocycles. The van der Waals surface area contributed by atoms with Crippen LogP contribution in [0.2, 0.25) is 0 Å². The second-order valence-electron chi connectivity index (χ2n) is 6.11. The number of likely N-dealkylation sites (N-methyl/N-ethyl adjacent to an activating group) is 1. The van der Waals surface area contributed by atoms with Crippen molar-refractivity contribution in [3.63, 3.8) is 0 Å². The number of aliphatic carboxylic acids is 1. The van der Waals surface area contributed by atoms with Crippen molar-refractivity contribution < 1.29 is 9.90 Å². The number of aromatic amines is 1. The van der Waals surface area contributed by atoms with Crippen LogP contribution < -0.4 is 0 Å². The van der Waals surface area contributed by atoms with Crippen LogP contribution in [0.4, 0.5) is 0 Å². The molecule has 0 bridgehead atoms. The normalized spacial score (nSPS) is 12.5. The molecule has 0 saturated carbocycles. The molecule has 0 saturated heterocycles. The van der Waals surface area contributed by atoms with Crippen LogP contribution in [-0.2, 0) is 11.3 Å². The van der Waals surface area contributed by atoms with E-state index in [1.807, 2.05) is 62.3 Å². The van der Waals surface area contributed by atoms with Crippen molar-refractivity contribution in [2.24, 2.45) is 0 Å². The number of carboxylic acids is 1. The highest BCUT2D eigenvalue weighted by atomic mass is 16.4. The monoisotopic (exact) mass is 339 g/mol. The summed E-state index contributed by atoms with van der Waals surface area (Å²) in [5.74, 6) is -0.881. The molecule has 3 rings (SSSR count). The van der Waals surface area contributed by atoms with E-state index in [4.69, 9.17) is 0 Å². The zero-order valence-electron chi connectivity index (χ0n) is 14.5. The molecule has 0 amide bonds. The molecule has 0 aliphatic rings. The number of aromatic nitrogens is 4. The van der Waals surface area contributed by atoms with Crippen LogP contribution in [0.15, 0.2) is 42.7 Å². The van der Waals surface area contributed by atoms with Crippen LogP contribution in [-0.4, -0.2) is 43.0 Å². The molecule has 0 fully saturated rings. The summed E-state index contributed by atoms with van der Waals surface area (Å²) in [5.41, 5.74) is 4.50. The van der Waals surface area contributed by atoms with Gasteiger partial charge in [0.05, 0.1) is 11.4 Å². The fraction of sp³-hybridized carbons (Fsp3) is 0.278. The van der Waals surface area contributed by atoms with Crippen LogP contribution in [0.3, 0.4) is 0 Å². The molecule has 2 aromatic heterocycles. The van der Waals surface area contributed by atoms with Crippen molar-refractivity contribution in [3.05, 3.63) is 65.2 Å². The molecular weight excluding hydrogens is 318 g/mol. The minimum atomic E-state index is -0.881. The van der Waals surface area contributed by atoms with E-state index in [-0.39, 0.29) is 0 Å². The molecule has 7 heteroatoms. The molecule has 25 heavy (non-hydrogen) atoms. The Kier molecular flexibility index (Phi) is 4.67. The summed E-state index contributed by atoms with van der Waals surface area (Å²) < 4.78 is 1.74. The van der Waals surface area contributed by atoms with E-state index in [0.717, 1.165) is 28.2 Å². The second-order valence-corrected chi connectivity index (χ2v) is 6.11. The number of nitrogens with zero attached hydrogens (tertiary/aromatic N) is 4. The van der Waals surface area contributed by atoms with Crippen LogP contribution in [0, 0.1) is 13.8 Å². The van der Waals surface area contributed by atoms with E-state index in [9.17, 15) is 9.90 Å². The summed E-state index contributed by atoms with van der Waals surface area (Å²) in [6.45, 7) is 4.37. The Balaban J connectivity index is 1.84. The number of H-pyrrole nitrogens is 1. The Morgan fingerprint density at radius 1 is 1.32 bits per heavy atom. The SMILES string of the molecule is Cc1n[nH]c(C)c1CN(C)[C@@H](C(=O)O)c1ccc(-n2cccn2)cc1. The molecule has 0 aliphatic carbocycles. The average molecular weight is 339 g/mol. The number of benzene rings is 1. The number of carbonyl (C=O) groups is 1. The summed E-state index contributed by atoms with van der Waals surface area (Å²) in [4.78, 5) is 13.7. The van der Waals surface area contributed by atoms with Gasteiger partial charge >= 0.3 is 5.97 Å². The Morgan fingerprint density at radius 3 is 2.56 bits per heavy atom. The van der Waals surface area contributed by atoms with Crippen molar-refractivity contribution in [1.82, 2.24) is 24.9 Å². The highest BCUT2D eigenvalue weighted by Gasteiger charge is 2.26. The summed E-state index contributed by atoms with van der Waals surface area (Å²) in [5, 5.41) is 21.0. The molecule has 0 spiro atoms. The maximum absolute atomic E-state index is 11.9. The van der Waals surface area contributed by atoms with E-state index in [2.05, 4.69) is 15.3 Å². The van der Waals surface area contributed by atoms with E-state index >= 15 is 0 Å². The van der Waals surface area contributed by atoms with Crippen molar-refractivity contribution in [1.29, 1.82) is 0 Å². The number of carboxylic acid groups (broad SMARTS) is 1. The van der Waals surface area contributed by atoms with Gasteiger partial charge in [0, 0.05) is 30.2 Å². The third-order valence-electron chi connectivity index (χ3n) is 4.34. The molecule has 7 nitrogen and oxygen atoms in total. The molecule has 0 radical (unpaired) electrons. The van der Waals surface area contributed by atoms with Gasteiger partial charge in [0.25, 0.3) is 0 Å². The first-order chi connectivity index (χ1) is 12.0. The zero-order valence-corrected chi connectivity index (χ0v) is 14.5. The lowest BCUT2D eigenvalue weighted by Crippen LogP contribution is -2.30. The van der Waals surface area contributed by atoms with Gasteiger partial charge in [-0.1, -0.05) is 12.1 Å². The molecule has 3 aromatic rings. The minimum Gasteiger partial charge on any atom is -0.480 e. The van der Waals surface area contributed by atoms with Gasteiger partial charge in [-0.2, -0.15) is 10.2 Å². The largest absolute Gasteiger partial charge is 0.480 e. The number of nitrogens with one attached hydrogen (secondary N) is 1. The lowest BCUT2D eigenvalue weighted by molar-refractivity contribution is -0.143. The number of hydrogen-bond donors (Lipinski definition) is 2. The van der Waals surface area contributed by atoms with Gasteiger partial charge < -0.3 is 5.11 Å². The smallest absolute Gasteiger partial charge is 0.325 e. The minimum absolute atomic E-state index is 0.506. The first kappa shape index (κ1) is 16.9. The molecule has 0 aliphatic heterocycles. The lowest BCUT2D eigenvalue weighted by atomic mass is 10.0. The predicted octanol–water partition coefficient (Wildman–Crippen LogP) is 2.47. The quantitative estimate of drug-likeness (QED) is 0.720. The Morgan fingerprint density at radius 2 is 2.04 bits per heavy atom. The molecule has 1 atom stereocenters. The summed E-state index contributed by atoms with van der Waals surface area (Å²) in [6.07, 6.45) is 3.55. The van der Waals surface area contributed by atoms with E-state index < -0.39 is 12.0 Å². The molecule has 2 N–H and O–H groups in total. The number of aryl methyl sites for hydroxylation is 2. The van der Waals surface area contributed by atoms with Crippen molar-refractivity contribution >= 4 is 5.97 Å². The summed E-state index contributed by atoms with van der Waals surface area (Å²) in [6, 6.07) is 8.53. The Labute approximate surface area is 145 Å². The zero-order chi connectivity index (χ0) is 18.0. The molecule has 130 valence electrons. The van der Waals surface area contributed by atoms with Gasteiger partial charge in [-0.3, -0.25) is 14.8 Å². The maximum atomic E-state index is 11.9. The van der Waals surface area contributed by atoms with Crippen molar-refractivity contribution in [2.45, 2.75) is 26.4 Å².